The molecule has 2 saturated heterocycles. The van der Waals surface area contributed by atoms with Crippen LogP contribution in [-0.2, 0) is 35.6 Å². The first kappa shape index (κ1) is 37.5. The van der Waals surface area contributed by atoms with Crippen LogP contribution in [0, 0.1) is 6.92 Å². The number of hydrogen-bond acceptors (Lipinski definition) is 10. The average Bonchev–Trinajstić information content (AvgIpc) is 3.15. The van der Waals surface area contributed by atoms with Gasteiger partial charge in [-0.2, -0.15) is 4.31 Å². The van der Waals surface area contributed by atoms with Gasteiger partial charge in [0.05, 0.1) is 62.9 Å². The van der Waals surface area contributed by atoms with E-state index in [0.717, 1.165) is 66.5 Å². The Bertz CT molecular complexity index is 1660. The van der Waals surface area contributed by atoms with Crippen LogP contribution in [0.1, 0.15) is 36.0 Å². The summed E-state index contributed by atoms with van der Waals surface area (Å²) < 4.78 is 65.9. The number of sulfonamides is 1. The molecule has 3 aromatic carbocycles. The molecule has 0 bridgehead atoms. The highest BCUT2D eigenvalue weighted by Gasteiger charge is 2.44. The van der Waals surface area contributed by atoms with Crippen molar-refractivity contribution in [1.82, 2.24) is 9.21 Å². The lowest BCUT2D eigenvalue weighted by Gasteiger charge is -2.43. The number of rotatable bonds is 15. The molecule has 2 fully saturated rings. The van der Waals surface area contributed by atoms with E-state index in [1.165, 1.54) is 0 Å². The quantitative estimate of drug-likeness (QED) is 0.205. The molecule has 51 heavy (non-hydrogen) atoms. The molecule has 11 nitrogen and oxygen atoms in total. The van der Waals surface area contributed by atoms with Crippen molar-refractivity contribution < 1.29 is 36.8 Å². The van der Waals surface area contributed by atoms with Gasteiger partial charge in [0, 0.05) is 58.4 Å². The molecular formula is C39H53N3O8S. The van der Waals surface area contributed by atoms with E-state index in [4.69, 9.17) is 28.4 Å². The zero-order valence-corrected chi connectivity index (χ0v) is 31.2. The van der Waals surface area contributed by atoms with Crippen molar-refractivity contribution in [3.05, 3.63) is 83.4 Å². The van der Waals surface area contributed by atoms with Gasteiger partial charge in [-0.05, 0) is 67.8 Å². The van der Waals surface area contributed by atoms with E-state index in [-0.39, 0.29) is 23.9 Å². The van der Waals surface area contributed by atoms with Crippen molar-refractivity contribution in [3.63, 3.8) is 0 Å². The maximum atomic E-state index is 14.2. The largest absolute Gasteiger partial charge is 0.497 e. The molecule has 3 aliphatic heterocycles. The smallest absolute Gasteiger partial charge is 0.243 e. The third-order valence-electron chi connectivity index (χ3n) is 10.2. The van der Waals surface area contributed by atoms with Gasteiger partial charge >= 0.3 is 0 Å². The predicted molar refractivity (Wildman–Crippen MR) is 196 cm³/mol. The standard InChI is InChI=1S/C39H53N3O8S/c1-29-6-13-34(14-7-29)51(43,44)42-25-37(49-22-18-40-17-21-47-27-30(40)2)39(32-9-11-33(46-4)12-10-32)38(26-42)50-28-31-8-15-36-35(24-31)41(19-23-48-36)16-5-20-45-3/h6-15,24,30,37-39H,5,16-23,25-28H2,1-4H3/t30-,37+,38-,39-/m0/s1. The van der Waals surface area contributed by atoms with E-state index in [1.807, 2.05) is 55.5 Å². The molecule has 0 amide bonds. The highest BCUT2D eigenvalue weighted by atomic mass is 32.2. The fourth-order valence-electron chi connectivity index (χ4n) is 7.22. The lowest BCUT2D eigenvalue weighted by Crippen LogP contribution is -2.55. The molecule has 4 atom stereocenters. The van der Waals surface area contributed by atoms with E-state index in [9.17, 15) is 8.42 Å². The minimum Gasteiger partial charge on any atom is -0.497 e. The Balaban J connectivity index is 1.29. The number of fused-ring (bicyclic) bond motifs is 1. The summed E-state index contributed by atoms with van der Waals surface area (Å²) in [5, 5.41) is 0. The molecule has 0 aliphatic carbocycles. The second-order valence-electron chi connectivity index (χ2n) is 13.6. The number of nitrogens with zero attached hydrogens (tertiary/aromatic N) is 3. The normalized spacial score (nSPS) is 23.1. The maximum absolute atomic E-state index is 14.2. The molecule has 3 aromatic rings. The van der Waals surface area contributed by atoms with Gasteiger partial charge in [-0.3, -0.25) is 4.90 Å². The third-order valence-corrected chi connectivity index (χ3v) is 12.0. The summed E-state index contributed by atoms with van der Waals surface area (Å²) >= 11 is 0. The number of methoxy groups -OCH3 is 2. The Morgan fingerprint density at radius 3 is 2.35 bits per heavy atom. The fourth-order valence-corrected chi connectivity index (χ4v) is 8.69. The molecule has 0 radical (unpaired) electrons. The molecule has 0 saturated carbocycles. The van der Waals surface area contributed by atoms with E-state index < -0.39 is 22.2 Å². The van der Waals surface area contributed by atoms with Crippen molar-refractivity contribution in [2.24, 2.45) is 0 Å². The SMILES string of the molecule is COCCCN1CCOc2ccc(CO[C@H]3CN(S(=O)(=O)c4ccc(C)cc4)C[C@@H](OCCN4CCOC[C@@H]4C)[C@@H]3c3ccc(OC)cc3)cc21. The molecule has 6 rings (SSSR count). The Morgan fingerprint density at radius 1 is 0.863 bits per heavy atom. The second kappa shape index (κ2) is 17.5. The van der Waals surface area contributed by atoms with Crippen LogP contribution in [0.5, 0.6) is 11.5 Å². The highest BCUT2D eigenvalue weighted by molar-refractivity contribution is 7.89. The van der Waals surface area contributed by atoms with Crippen LogP contribution >= 0.6 is 0 Å². The molecular weight excluding hydrogens is 671 g/mol. The Hall–Kier alpha value is -3.23. The molecule has 0 aromatic heterocycles. The summed E-state index contributed by atoms with van der Waals surface area (Å²) in [6, 6.07) is 21.4. The molecule has 12 heteroatoms. The number of morpholine rings is 1. The molecule has 0 N–H and O–H groups in total. The summed E-state index contributed by atoms with van der Waals surface area (Å²) in [5.74, 6) is 1.38. The van der Waals surface area contributed by atoms with Gasteiger partial charge < -0.3 is 33.3 Å². The highest BCUT2D eigenvalue weighted by Crippen LogP contribution is 2.37. The number of ether oxygens (including phenoxy) is 6. The first-order valence-electron chi connectivity index (χ1n) is 18.0. The topological polar surface area (TPSA) is 99.2 Å². The summed E-state index contributed by atoms with van der Waals surface area (Å²) in [4.78, 5) is 4.96. The van der Waals surface area contributed by atoms with Gasteiger partial charge in [-0.25, -0.2) is 8.42 Å². The Kier molecular flexibility index (Phi) is 12.9. The van der Waals surface area contributed by atoms with Gasteiger partial charge in [0.25, 0.3) is 0 Å². The van der Waals surface area contributed by atoms with Crippen LogP contribution in [0.3, 0.4) is 0 Å². The van der Waals surface area contributed by atoms with Gasteiger partial charge in [0.2, 0.25) is 10.0 Å². The first-order valence-corrected chi connectivity index (χ1v) is 19.5. The zero-order chi connectivity index (χ0) is 35.8. The average molecular weight is 724 g/mol. The lowest BCUT2D eigenvalue weighted by molar-refractivity contribution is -0.0864. The summed E-state index contributed by atoms with van der Waals surface area (Å²) in [6.07, 6.45) is -0.0361. The number of anilines is 1. The number of hydrogen-bond donors (Lipinski definition) is 0. The number of piperidine rings is 1. The van der Waals surface area contributed by atoms with Crippen LogP contribution in [0.15, 0.2) is 71.6 Å². The van der Waals surface area contributed by atoms with Crippen molar-refractivity contribution in [2.45, 2.75) is 55.9 Å². The maximum Gasteiger partial charge on any atom is 0.243 e. The molecule has 278 valence electrons. The first-order chi connectivity index (χ1) is 24.8. The predicted octanol–water partition coefficient (Wildman–Crippen LogP) is 4.72. The van der Waals surface area contributed by atoms with Crippen LogP contribution in [0.4, 0.5) is 5.69 Å². The van der Waals surface area contributed by atoms with Crippen LogP contribution in [-0.4, -0.2) is 122 Å². The summed E-state index contributed by atoms with van der Waals surface area (Å²) in [6.45, 7) is 11.2. The van der Waals surface area contributed by atoms with Crippen molar-refractivity contribution in [3.8, 4) is 11.5 Å². The van der Waals surface area contributed by atoms with Gasteiger partial charge in [0.15, 0.2) is 0 Å². The molecule has 0 spiro atoms. The van der Waals surface area contributed by atoms with E-state index in [0.29, 0.717) is 45.7 Å². The van der Waals surface area contributed by atoms with E-state index in [2.05, 4.69) is 22.8 Å². The Morgan fingerprint density at radius 2 is 1.63 bits per heavy atom. The Labute approximate surface area is 303 Å². The number of benzene rings is 3. The summed E-state index contributed by atoms with van der Waals surface area (Å²) in [7, 11) is -0.464. The van der Waals surface area contributed by atoms with E-state index in [1.54, 1.807) is 30.7 Å². The fraction of sp³-hybridized carbons (Fsp3) is 0.538. The third kappa shape index (κ3) is 9.23. The second-order valence-corrected chi connectivity index (χ2v) is 15.6. The van der Waals surface area contributed by atoms with Gasteiger partial charge in [-0.1, -0.05) is 35.9 Å². The minimum atomic E-state index is -3.84. The number of aryl methyl sites for hydroxylation is 1. The lowest BCUT2D eigenvalue weighted by atomic mass is 9.85. The zero-order valence-electron chi connectivity index (χ0n) is 30.4. The van der Waals surface area contributed by atoms with Crippen LogP contribution in [0.25, 0.3) is 0 Å². The monoisotopic (exact) mass is 723 g/mol. The van der Waals surface area contributed by atoms with Crippen molar-refractivity contribution in [1.29, 1.82) is 0 Å². The summed E-state index contributed by atoms with van der Waals surface area (Å²) in [5.41, 5.74) is 4.04. The van der Waals surface area contributed by atoms with Crippen LogP contribution in [0.2, 0.25) is 0 Å². The van der Waals surface area contributed by atoms with Crippen LogP contribution < -0.4 is 14.4 Å². The van der Waals surface area contributed by atoms with Crippen molar-refractivity contribution >= 4 is 15.7 Å². The van der Waals surface area contributed by atoms with Crippen molar-refractivity contribution in [2.75, 3.05) is 91.4 Å². The van der Waals surface area contributed by atoms with Gasteiger partial charge in [0.1, 0.15) is 18.1 Å². The molecule has 3 heterocycles. The molecule has 3 aliphatic rings. The minimum absolute atomic E-state index is 0.185. The van der Waals surface area contributed by atoms with E-state index >= 15 is 0 Å². The molecule has 0 unspecified atom stereocenters. The van der Waals surface area contributed by atoms with Gasteiger partial charge in [-0.15, -0.1) is 0 Å².